The Morgan fingerprint density at radius 3 is 2.65 bits per heavy atom. The quantitative estimate of drug-likeness (QED) is 0.0937. The van der Waals surface area contributed by atoms with Gasteiger partial charge in [0.2, 0.25) is 11.6 Å². The Hall–Kier alpha value is -5.00. The molecule has 0 aliphatic carbocycles. The van der Waals surface area contributed by atoms with E-state index >= 15 is 0 Å². The van der Waals surface area contributed by atoms with E-state index in [4.69, 9.17) is 25.5 Å². The lowest BCUT2D eigenvalue weighted by Gasteiger charge is -2.12. The van der Waals surface area contributed by atoms with Crippen molar-refractivity contribution in [2.24, 2.45) is 5.10 Å². The molecule has 0 aliphatic heterocycles. The van der Waals surface area contributed by atoms with Gasteiger partial charge < -0.3 is 13.9 Å². The molecule has 12 heteroatoms. The van der Waals surface area contributed by atoms with Gasteiger partial charge in [0.25, 0.3) is 5.56 Å². The maximum atomic E-state index is 13.6. The topological polar surface area (TPSA) is 122 Å². The first-order chi connectivity index (χ1) is 20.8. The summed E-state index contributed by atoms with van der Waals surface area (Å²) in [4.78, 5) is 29.7. The molecule has 0 fully saturated rings. The SMILES string of the molecule is COc1cc(C=Nn2c(-c3cc4cc(Cl)ccc4o3)nc3ccccc3c2=O)cc([N+](=O)[O-])c1OCc1ccc(Br)cc1. The molecule has 0 bridgehead atoms. The lowest BCUT2D eigenvalue weighted by molar-refractivity contribution is -0.386. The lowest BCUT2D eigenvalue weighted by atomic mass is 10.1. The second kappa shape index (κ2) is 11.7. The number of halogens is 2. The van der Waals surface area contributed by atoms with E-state index in [2.05, 4.69) is 26.0 Å². The number of hydrogen-bond acceptors (Lipinski definition) is 8. The molecular formula is C31H20BrClN4O6. The summed E-state index contributed by atoms with van der Waals surface area (Å²) in [7, 11) is 1.39. The largest absolute Gasteiger partial charge is 0.493 e. The molecule has 0 saturated heterocycles. The second-order valence-electron chi connectivity index (χ2n) is 9.35. The van der Waals surface area contributed by atoms with E-state index in [-0.39, 0.29) is 35.4 Å². The highest BCUT2D eigenvalue weighted by molar-refractivity contribution is 9.10. The number of nitro benzene ring substituents is 1. The van der Waals surface area contributed by atoms with Crippen molar-refractivity contribution in [1.29, 1.82) is 0 Å². The van der Waals surface area contributed by atoms with Crippen LogP contribution in [-0.2, 0) is 6.61 Å². The van der Waals surface area contributed by atoms with E-state index in [0.717, 1.165) is 20.1 Å². The molecule has 0 unspecified atom stereocenters. The fraction of sp³-hybridized carbons (Fsp3) is 0.0645. The van der Waals surface area contributed by atoms with Gasteiger partial charge in [-0.3, -0.25) is 14.9 Å². The molecule has 0 atom stereocenters. The summed E-state index contributed by atoms with van der Waals surface area (Å²) >= 11 is 9.53. The van der Waals surface area contributed by atoms with Gasteiger partial charge in [-0.15, -0.1) is 0 Å². The van der Waals surface area contributed by atoms with Gasteiger partial charge in [0, 0.05) is 26.5 Å². The molecule has 0 radical (unpaired) electrons. The van der Waals surface area contributed by atoms with Crippen molar-refractivity contribution in [2.75, 3.05) is 7.11 Å². The lowest BCUT2D eigenvalue weighted by Crippen LogP contribution is -2.20. The van der Waals surface area contributed by atoms with Gasteiger partial charge in [0.05, 0.1) is 29.2 Å². The molecule has 0 amide bonds. The molecule has 2 aromatic heterocycles. The summed E-state index contributed by atoms with van der Waals surface area (Å²) in [5, 5.41) is 18.0. The van der Waals surface area contributed by atoms with Crippen molar-refractivity contribution in [3.05, 3.63) is 126 Å². The summed E-state index contributed by atoms with van der Waals surface area (Å²) in [6, 6.07) is 23.9. The maximum Gasteiger partial charge on any atom is 0.315 e. The van der Waals surface area contributed by atoms with Gasteiger partial charge in [-0.2, -0.15) is 9.78 Å². The number of benzene rings is 4. The first-order valence-corrected chi connectivity index (χ1v) is 14.0. The van der Waals surface area contributed by atoms with E-state index in [0.29, 0.717) is 27.1 Å². The molecule has 4 aromatic carbocycles. The number of nitro groups is 1. The first-order valence-electron chi connectivity index (χ1n) is 12.8. The van der Waals surface area contributed by atoms with Crippen LogP contribution in [0.1, 0.15) is 11.1 Å². The normalized spacial score (nSPS) is 11.4. The van der Waals surface area contributed by atoms with Crippen molar-refractivity contribution in [3.8, 4) is 23.1 Å². The highest BCUT2D eigenvalue weighted by Gasteiger charge is 2.23. The molecule has 6 aromatic rings. The predicted molar refractivity (Wildman–Crippen MR) is 167 cm³/mol. The number of aromatic nitrogens is 2. The van der Waals surface area contributed by atoms with E-state index < -0.39 is 10.5 Å². The Labute approximate surface area is 257 Å². The Kier molecular flexibility index (Phi) is 7.66. The minimum Gasteiger partial charge on any atom is -0.493 e. The number of methoxy groups -OCH3 is 1. The molecule has 0 N–H and O–H groups in total. The smallest absolute Gasteiger partial charge is 0.315 e. The average molecular weight is 660 g/mol. The Morgan fingerprint density at radius 2 is 1.88 bits per heavy atom. The molecule has 6 rings (SSSR count). The van der Waals surface area contributed by atoms with Gasteiger partial charge >= 0.3 is 5.69 Å². The summed E-state index contributed by atoms with van der Waals surface area (Å²) in [6.07, 6.45) is 1.31. The van der Waals surface area contributed by atoms with Crippen molar-refractivity contribution in [1.82, 2.24) is 9.66 Å². The molecule has 10 nitrogen and oxygen atoms in total. The zero-order valence-electron chi connectivity index (χ0n) is 22.4. The van der Waals surface area contributed by atoms with Crippen LogP contribution >= 0.6 is 27.5 Å². The Balaban J connectivity index is 1.43. The molecule has 0 aliphatic rings. The highest BCUT2D eigenvalue weighted by atomic mass is 79.9. The fourth-order valence-electron chi connectivity index (χ4n) is 4.49. The van der Waals surface area contributed by atoms with Gasteiger partial charge in [-0.25, -0.2) is 4.98 Å². The standard InChI is InChI=1S/C31H20BrClN4O6/c1-41-27-13-19(12-25(37(39)40)29(27)42-17-18-6-8-21(32)9-7-18)16-34-36-30(35-24-5-3-2-4-23(24)31(36)38)28-15-20-14-22(33)10-11-26(20)43-28/h2-16H,17H2,1H3. The third-order valence-electron chi connectivity index (χ3n) is 6.55. The van der Waals surface area contributed by atoms with E-state index in [1.54, 1.807) is 48.5 Å². The molecule has 0 saturated carbocycles. The van der Waals surface area contributed by atoms with Crippen LogP contribution < -0.4 is 15.0 Å². The van der Waals surface area contributed by atoms with Crippen LogP contribution in [0.4, 0.5) is 5.69 Å². The number of rotatable bonds is 8. The Morgan fingerprint density at radius 1 is 1.09 bits per heavy atom. The zero-order valence-corrected chi connectivity index (χ0v) is 24.7. The second-order valence-corrected chi connectivity index (χ2v) is 10.7. The van der Waals surface area contributed by atoms with Crippen molar-refractivity contribution < 1.29 is 18.8 Å². The van der Waals surface area contributed by atoms with Crippen LogP contribution in [0.25, 0.3) is 33.5 Å². The zero-order chi connectivity index (χ0) is 30.1. The number of para-hydroxylation sites is 1. The van der Waals surface area contributed by atoms with Crippen LogP contribution in [-0.4, -0.2) is 27.9 Å². The van der Waals surface area contributed by atoms with E-state index in [1.165, 1.54) is 25.5 Å². The third kappa shape index (κ3) is 5.72. The van der Waals surface area contributed by atoms with Gasteiger partial charge in [-0.1, -0.05) is 51.8 Å². The van der Waals surface area contributed by atoms with Gasteiger partial charge in [0.1, 0.15) is 12.2 Å². The molecule has 2 heterocycles. The van der Waals surface area contributed by atoms with Crippen LogP contribution in [0.2, 0.25) is 5.02 Å². The fourth-order valence-corrected chi connectivity index (χ4v) is 4.94. The summed E-state index contributed by atoms with van der Waals surface area (Å²) in [5.74, 6) is 0.533. The minimum absolute atomic E-state index is 0.0290. The number of nitrogens with zero attached hydrogens (tertiary/aromatic N) is 4. The Bertz CT molecular complexity index is 2110. The average Bonchev–Trinajstić information content (AvgIpc) is 3.43. The highest BCUT2D eigenvalue weighted by Crippen LogP contribution is 2.38. The van der Waals surface area contributed by atoms with Crippen LogP contribution in [0.5, 0.6) is 11.5 Å². The van der Waals surface area contributed by atoms with E-state index in [9.17, 15) is 14.9 Å². The monoisotopic (exact) mass is 658 g/mol. The maximum absolute atomic E-state index is 13.6. The van der Waals surface area contributed by atoms with Crippen molar-refractivity contribution in [2.45, 2.75) is 6.61 Å². The summed E-state index contributed by atoms with van der Waals surface area (Å²) < 4.78 is 19.3. The number of fused-ring (bicyclic) bond motifs is 2. The van der Waals surface area contributed by atoms with Crippen LogP contribution in [0.3, 0.4) is 0 Å². The number of hydrogen-bond donors (Lipinski definition) is 0. The first kappa shape index (κ1) is 28.1. The predicted octanol–water partition coefficient (Wildman–Crippen LogP) is 7.60. The summed E-state index contributed by atoms with van der Waals surface area (Å²) in [6.45, 7) is 0.0855. The van der Waals surface area contributed by atoms with Gasteiger partial charge in [-0.05, 0) is 60.2 Å². The minimum atomic E-state index is -0.564. The van der Waals surface area contributed by atoms with E-state index in [1.807, 2.05) is 24.3 Å². The third-order valence-corrected chi connectivity index (χ3v) is 7.31. The number of ether oxygens (including phenoxy) is 2. The molecule has 214 valence electrons. The molecule has 43 heavy (non-hydrogen) atoms. The van der Waals surface area contributed by atoms with Crippen LogP contribution in [0, 0.1) is 10.1 Å². The van der Waals surface area contributed by atoms with Crippen molar-refractivity contribution >= 4 is 61.3 Å². The van der Waals surface area contributed by atoms with Crippen LogP contribution in [0.15, 0.2) is 104 Å². The molecular weight excluding hydrogens is 640 g/mol. The van der Waals surface area contributed by atoms with Gasteiger partial charge in [0.15, 0.2) is 11.5 Å². The number of furan rings is 1. The molecule has 0 spiro atoms. The van der Waals surface area contributed by atoms with Crippen molar-refractivity contribution in [3.63, 3.8) is 0 Å². The summed E-state index contributed by atoms with van der Waals surface area (Å²) in [5.41, 5.74) is 1.34.